The topological polar surface area (TPSA) is 66.4 Å². The molecule has 2 rings (SSSR count). The highest BCUT2D eigenvalue weighted by Gasteiger charge is 2.40. The molecule has 0 saturated heterocycles. The van der Waals surface area contributed by atoms with Crippen LogP contribution in [-0.2, 0) is 22.4 Å². The fourth-order valence-corrected chi connectivity index (χ4v) is 3.11. The van der Waals surface area contributed by atoms with Crippen molar-refractivity contribution in [3.63, 3.8) is 0 Å². The standard InChI is InChI=1S/C17H23NO3/c1-2-13-8-4-5-9-14(13)12-15(19)18-17(16(20)21)10-6-3-7-11-17/h4-5,8-9H,2-3,6-7,10-12H2,1H3,(H,18,19)(H,20,21). The van der Waals surface area contributed by atoms with Crippen molar-refractivity contribution < 1.29 is 14.7 Å². The van der Waals surface area contributed by atoms with Gasteiger partial charge in [0.1, 0.15) is 5.54 Å². The fraction of sp³-hybridized carbons (Fsp3) is 0.529. The van der Waals surface area contributed by atoms with Crippen LogP contribution in [0, 0.1) is 0 Å². The van der Waals surface area contributed by atoms with Gasteiger partial charge in [0.15, 0.2) is 0 Å². The van der Waals surface area contributed by atoms with Gasteiger partial charge in [-0.25, -0.2) is 4.79 Å². The van der Waals surface area contributed by atoms with Gasteiger partial charge in [-0.3, -0.25) is 4.79 Å². The van der Waals surface area contributed by atoms with Gasteiger partial charge in [-0.15, -0.1) is 0 Å². The molecule has 1 saturated carbocycles. The molecule has 0 aliphatic heterocycles. The second-order valence-electron chi connectivity index (χ2n) is 5.80. The summed E-state index contributed by atoms with van der Waals surface area (Å²) in [5.74, 6) is -1.10. The maximum Gasteiger partial charge on any atom is 0.329 e. The Kier molecular flexibility index (Phi) is 4.99. The van der Waals surface area contributed by atoms with Crippen molar-refractivity contribution >= 4 is 11.9 Å². The van der Waals surface area contributed by atoms with E-state index in [-0.39, 0.29) is 12.3 Å². The summed E-state index contributed by atoms with van der Waals surface area (Å²) in [5, 5.41) is 12.3. The summed E-state index contributed by atoms with van der Waals surface area (Å²) >= 11 is 0. The van der Waals surface area contributed by atoms with Crippen LogP contribution in [0.15, 0.2) is 24.3 Å². The number of benzene rings is 1. The number of carboxylic acids is 1. The number of nitrogens with one attached hydrogen (secondary N) is 1. The number of amides is 1. The summed E-state index contributed by atoms with van der Waals surface area (Å²) in [6.45, 7) is 2.05. The molecule has 1 aliphatic rings. The Morgan fingerprint density at radius 1 is 1.14 bits per heavy atom. The van der Waals surface area contributed by atoms with Crippen molar-refractivity contribution in [2.45, 2.75) is 57.4 Å². The molecule has 1 aromatic rings. The number of carbonyl (C=O) groups is 2. The summed E-state index contributed by atoms with van der Waals surface area (Å²) in [6, 6.07) is 7.82. The van der Waals surface area contributed by atoms with Crippen LogP contribution in [0.2, 0.25) is 0 Å². The van der Waals surface area contributed by atoms with Gasteiger partial charge in [0.2, 0.25) is 5.91 Å². The van der Waals surface area contributed by atoms with Crippen LogP contribution >= 0.6 is 0 Å². The molecule has 0 unspecified atom stereocenters. The van der Waals surface area contributed by atoms with Crippen LogP contribution in [0.1, 0.15) is 50.2 Å². The lowest BCUT2D eigenvalue weighted by molar-refractivity contribution is -0.149. The van der Waals surface area contributed by atoms with E-state index in [1.165, 1.54) is 0 Å². The van der Waals surface area contributed by atoms with Crippen LogP contribution in [-0.4, -0.2) is 22.5 Å². The average molecular weight is 289 g/mol. The molecule has 0 heterocycles. The molecule has 4 nitrogen and oxygen atoms in total. The minimum atomic E-state index is -1.06. The molecular weight excluding hydrogens is 266 g/mol. The predicted octanol–water partition coefficient (Wildman–Crippen LogP) is 2.70. The highest BCUT2D eigenvalue weighted by atomic mass is 16.4. The molecule has 1 aliphatic carbocycles. The molecule has 0 radical (unpaired) electrons. The smallest absolute Gasteiger partial charge is 0.329 e. The van der Waals surface area contributed by atoms with Crippen LogP contribution in [0.4, 0.5) is 0 Å². The van der Waals surface area contributed by atoms with Crippen molar-refractivity contribution in [2.24, 2.45) is 0 Å². The maximum atomic E-state index is 12.3. The Hall–Kier alpha value is -1.84. The zero-order valence-electron chi connectivity index (χ0n) is 12.5. The van der Waals surface area contributed by atoms with Crippen molar-refractivity contribution in [1.29, 1.82) is 0 Å². The Bertz CT molecular complexity index is 519. The Morgan fingerprint density at radius 2 is 1.76 bits per heavy atom. The van der Waals surface area contributed by atoms with E-state index < -0.39 is 11.5 Å². The van der Waals surface area contributed by atoms with E-state index in [9.17, 15) is 14.7 Å². The van der Waals surface area contributed by atoms with Gasteiger partial charge in [-0.05, 0) is 30.4 Å². The maximum absolute atomic E-state index is 12.3. The van der Waals surface area contributed by atoms with Gasteiger partial charge in [0.05, 0.1) is 6.42 Å². The van der Waals surface area contributed by atoms with Crippen molar-refractivity contribution in [3.05, 3.63) is 35.4 Å². The number of aliphatic carboxylic acids is 1. The van der Waals surface area contributed by atoms with Crippen molar-refractivity contribution in [1.82, 2.24) is 5.32 Å². The van der Waals surface area contributed by atoms with E-state index in [0.29, 0.717) is 12.8 Å². The predicted molar refractivity (Wildman–Crippen MR) is 81.1 cm³/mol. The molecule has 114 valence electrons. The van der Waals surface area contributed by atoms with Crippen LogP contribution in [0.5, 0.6) is 0 Å². The van der Waals surface area contributed by atoms with Gasteiger partial charge in [0.25, 0.3) is 0 Å². The van der Waals surface area contributed by atoms with E-state index >= 15 is 0 Å². The third-order valence-electron chi connectivity index (χ3n) is 4.35. The first-order chi connectivity index (χ1) is 10.1. The lowest BCUT2D eigenvalue weighted by Crippen LogP contribution is -2.56. The lowest BCUT2D eigenvalue weighted by Gasteiger charge is -2.34. The van der Waals surface area contributed by atoms with E-state index in [2.05, 4.69) is 12.2 Å². The average Bonchev–Trinajstić information content (AvgIpc) is 2.48. The van der Waals surface area contributed by atoms with Gasteiger partial charge in [-0.2, -0.15) is 0 Å². The molecule has 0 bridgehead atoms. The molecular formula is C17H23NO3. The second-order valence-corrected chi connectivity index (χ2v) is 5.80. The lowest BCUT2D eigenvalue weighted by atomic mass is 9.81. The van der Waals surface area contributed by atoms with Gasteiger partial charge >= 0.3 is 5.97 Å². The minimum Gasteiger partial charge on any atom is -0.480 e. The van der Waals surface area contributed by atoms with Crippen molar-refractivity contribution in [3.8, 4) is 0 Å². The SMILES string of the molecule is CCc1ccccc1CC(=O)NC1(C(=O)O)CCCCC1. The van der Waals surface area contributed by atoms with E-state index in [4.69, 9.17) is 0 Å². The molecule has 0 atom stereocenters. The quantitative estimate of drug-likeness (QED) is 0.876. The highest BCUT2D eigenvalue weighted by Crippen LogP contribution is 2.28. The number of rotatable bonds is 5. The normalized spacial score (nSPS) is 17.2. The highest BCUT2D eigenvalue weighted by molar-refractivity contribution is 5.88. The van der Waals surface area contributed by atoms with E-state index in [1.54, 1.807) is 0 Å². The van der Waals surface area contributed by atoms with Crippen LogP contribution in [0.3, 0.4) is 0 Å². The van der Waals surface area contributed by atoms with Crippen molar-refractivity contribution in [2.75, 3.05) is 0 Å². The zero-order chi connectivity index (χ0) is 15.3. The summed E-state index contributed by atoms with van der Waals surface area (Å²) in [7, 11) is 0. The summed E-state index contributed by atoms with van der Waals surface area (Å²) in [6.07, 6.45) is 4.94. The molecule has 0 aromatic heterocycles. The monoisotopic (exact) mass is 289 g/mol. The number of aryl methyl sites for hydroxylation is 1. The summed E-state index contributed by atoms with van der Waals surface area (Å²) < 4.78 is 0. The first-order valence-corrected chi connectivity index (χ1v) is 7.68. The molecule has 1 aromatic carbocycles. The molecule has 21 heavy (non-hydrogen) atoms. The molecule has 1 fully saturated rings. The number of carbonyl (C=O) groups excluding carboxylic acids is 1. The third kappa shape index (κ3) is 3.63. The van der Waals surface area contributed by atoms with Gasteiger partial charge in [-0.1, -0.05) is 50.5 Å². The third-order valence-corrected chi connectivity index (χ3v) is 4.35. The Balaban J connectivity index is 2.07. The molecule has 2 N–H and O–H groups in total. The zero-order valence-corrected chi connectivity index (χ0v) is 12.5. The van der Waals surface area contributed by atoms with E-state index in [1.807, 2.05) is 24.3 Å². The number of hydrogen-bond acceptors (Lipinski definition) is 2. The first-order valence-electron chi connectivity index (χ1n) is 7.68. The van der Waals surface area contributed by atoms with Gasteiger partial charge in [0, 0.05) is 0 Å². The van der Waals surface area contributed by atoms with E-state index in [0.717, 1.165) is 36.8 Å². The molecule has 4 heteroatoms. The largest absolute Gasteiger partial charge is 0.480 e. The fourth-order valence-electron chi connectivity index (χ4n) is 3.11. The first kappa shape index (κ1) is 15.5. The van der Waals surface area contributed by atoms with Crippen LogP contribution < -0.4 is 5.32 Å². The summed E-state index contributed by atoms with van der Waals surface area (Å²) in [4.78, 5) is 23.9. The number of carboxylic acid groups (broad SMARTS) is 1. The van der Waals surface area contributed by atoms with Gasteiger partial charge < -0.3 is 10.4 Å². The molecule has 0 spiro atoms. The Labute approximate surface area is 125 Å². The van der Waals surface area contributed by atoms with Crippen LogP contribution in [0.25, 0.3) is 0 Å². The number of hydrogen-bond donors (Lipinski definition) is 2. The Morgan fingerprint density at radius 3 is 2.33 bits per heavy atom. The minimum absolute atomic E-state index is 0.194. The summed E-state index contributed by atoms with van der Waals surface area (Å²) in [5.41, 5.74) is 1.06. The molecule has 1 amide bonds. The second kappa shape index (κ2) is 6.74.